The van der Waals surface area contributed by atoms with Gasteiger partial charge in [0.25, 0.3) is 0 Å². The molecule has 21 heavy (non-hydrogen) atoms. The van der Waals surface area contributed by atoms with E-state index in [9.17, 15) is 0 Å². The lowest BCUT2D eigenvalue weighted by Gasteiger charge is -2.20. The van der Waals surface area contributed by atoms with Gasteiger partial charge in [-0.1, -0.05) is 24.3 Å². The van der Waals surface area contributed by atoms with Crippen LogP contribution in [0.25, 0.3) is 10.8 Å². The molecule has 0 saturated heterocycles. The SMILES string of the molecule is CNCc1cnc(N(C)Cc2ccoc2)c2ccccc12. The van der Waals surface area contributed by atoms with E-state index in [1.54, 1.807) is 12.5 Å². The maximum atomic E-state index is 5.13. The maximum absolute atomic E-state index is 5.13. The second kappa shape index (κ2) is 5.97. The van der Waals surface area contributed by atoms with E-state index in [-0.39, 0.29) is 0 Å². The van der Waals surface area contributed by atoms with Crippen molar-refractivity contribution >= 4 is 16.6 Å². The Kier molecular flexibility index (Phi) is 3.88. The molecular weight excluding hydrogens is 262 g/mol. The summed E-state index contributed by atoms with van der Waals surface area (Å²) in [4.78, 5) is 6.81. The Balaban J connectivity index is 2.00. The first-order valence-corrected chi connectivity index (χ1v) is 7.03. The summed E-state index contributed by atoms with van der Waals surface area (Å²) >= 11 is 0. The summed E-state index contributed by atoms with van der Waals surface area (Å²) < 4.78 is 5.13. The number of hydrogen-bond acceptors (Lipinski definition) is 4. The standard InChI is InChI=1S/C17H19N3O/c1-18-9-14-10-19-17(16-6-4-3-5-15(14)16)20(2)11-13-7-8-21-12-13/h3-8,10,12,18H,9,11H2,1-2H3. The van der Waals surface area contributed by atoms with Crippen molar-refractivity contribution in [2.75, 3.05) is 19.0 Å². The first kappa shape index (κ1) is 13.6. The Morgan fingerprint density at radius 3 is 2.71 bits per heavy atom. The van der Waals surface area contributed by atoms with Crippen LogP contribution in [0.3, 0.4) is 0 Å². The number of benzene rings is 1. The third kappa shape index (κ3) is 2.76. The van der Waals surface area contributed by atoms with Crippen LogP contribution in [0.2, 0.25) is 0 Å². The highest BCUT2D eigenvalue weighted by atomic mass is 16.3. The summed E-state index contributed by atoms with van der Waals surface area (Å²) in [6, 6.07) is 10.4. The van der Waals surface area contributed by atoms with E-state index in [4.69, 9.17) is 4.42 Å². The third-order valence-corrected chi connectivity index (χ3v) is 3.59. The summed E-state index contributed by atoms with van der Waals surface area (Å²) in [5.41, 5.74) is 2.36. The highest BCUT2D eigenvalue weighted by Crippen LogP contribution is 2.27. The van der Waals surface area contributed by atoms with Crippen molar-refractivity contribution < 1.29 is 4.42 Å². The fourth-order valence-corrected chi connectivity index (χ4v) is 2.60. The average molecular weight is 281 g/mol. The Morgan fingerprint density at radius 1 is 1.19 bits per heavy atom. The molecule has 0 aliphatic carbocycles. The fraction of sp³-hybridized carbons (Fsp3) is 0.235. The van der Waals surface area contributed by atoms with E-state index >= 15 is 0 Å². The number of aromatic nitrogens is 1. The Hall–Kier alpha value is -2.33. The molecule has 0 spiro atoms. The van der Waals surface area contributed by atoms with Gasteiger partial charge in [-0.2, -0.15) is 0 Å². The smallest absolute Gasteiger partial charge is 0.136 e. The number of hydrogen-bond donors (Lipinski definition) is 1. The van der Waals surface area contributed by atoms with Gasteiger partial charge >= 0.3 is 0 Å². The number of rotatable bonds is 5. The molecular formula is C17H19N3O. The lowest BCUT2D eigenvalue weighted by Crippen LogP contribution is -2.18. The number of furan rings is 1. The molecule has 4 heteroatoms. The third-order valence-electron chi connectivity index (χ3n) is 3.59. The fourth-order valence-electron chi connectivity index (χ4n) is 2.60. The minimum Gasteiger partial charge on any atom is -0.472 e. The van der Waals surface area contributed by atoms with Crippen LogP contribution in [0.4, 0.5) is 5.82 Å². The molecule has 2 heterocycles. The van der Waals surface area contributed by atoms with Gasteiger partial charge in [0.15, 0.2) is 0 Å². The molecule has 0 aliphatic heterocycles. The van der Waals surface area contributed by atoms with E-state index in [2.05, 4.69) is 46.5 Å². The Morgan fingerprint density at radius 2 is 2.00 bits per heavy atom. The van der Waals surface area contributed by atoms with Crippen LogP contribution < -0.4 is 10.2 Å². The summed E-state index contributed by atoms with van der Waals surface area (Å²) in [6.07, 6.45) is 5.43. The predicted octanol–water partition coefficient (Wildman–Crippen LogP) is 3.18. The maximum Gasteiger partial charge on any atom is 0.136 e. The van der Waals surface area contributed by atoms with Crippen molar-refractivity contribution in [3.8, 4) is 0 Å². The summed E-state index contributed by atoms with van der Waals surface area (Å²) in [5.74, 6) is 0.992. The van der Waals surface area contributed by atoms with Gasteiger partial charge in [-0.05, 0) is 24.1 Å². The van der Waals surface area contributed by atoms with Crippen LogP contribution >= 0.6 is 0 Å². The predicted molar refractivity (Wildman–Crippen MR) is 85.3 cm³/mol. The van der Waals surface area contributed by atoms with Gasteiger partial charge < -0.3 is 14.6 Å². The lowest BCUT2D eigenvalue weighted by molar-refractivity contribution is 0.563. The quantitative estimate of drug-likeness (QED) is 0.780. The molecule has 0 atom stereocenters. The first-order valence-electron chi connectivity index (χ1n) is 7.03. The van der Waals surface area contributed by atoms with Gasteiger partial charge in [-0.15, -0.1) is 0 Å². The number of nitrogens with zero attached hydrogens (tertiary/aromatic N) is 2. The number of pyridine rings is 1. The van der Waals surface area contributed by atoms with Crippen LogP contribution in [0.1, 0.15) is 11.1 Å². The van der Waals surface area contributed by atoms with Crippen molar-refractivity contribution in [3.05, 3.63) is 60.2 Å². The molecule has 108 valence electrons. The second-order valence-corrected chi connectivity index (χ2v) is 5.17. The van der Waals surface area contributed by atoms with Gasteiger partial charge in [-0.3, -0.25) is 0 Å². The van der Waals surface area contributed by atoms with E-state index in [0.717, 1.165) is 24.5 Å². The van der Waals surface area contributed by atoms with Crippen molar-refractivity contribution in [1.82, 2.24) is 10.3 Å². The molecule has 0 radical (unpaired) electrons. The lowest BCUT2D eigenvalue weighted by atomic mass is 10.1. The molecule has 2 aromatic heterocycles. The minimum absolute atomic E-state index is 0.777. The van der Waals surface area contributed by atoms with E-state index in [1.165, 1.54) is 16.3 Å². The van der Waals surface area contributed by atoms with Crippen LogP contribution in [0.15, 0.2) is 53.5 Å². The summed E-state index contributed by atoms with van der Waals surface area (Å²) in [6.45, 7) is 1.60. The van der Waals surface area contributed by atoms with Gasteiger partial charge in [0.05, 0.1) is 12.5 Å². The van der Waals surface area contributed by atoms with Crippen LogP contribution in [-0.2, 0) is 13.1 Å². The molecule has 3 rings (SSSR count). The Bertz CT molecular complexity index is 722. The first-order chi connectivity index (χ1) is 10.3. The van der Waals surface area contributed by atoms with Gasteiger partial charge in [0.2, 0.25) is 0 Å². The molecule has 0 saturated carbocycles. The number of nitrogens with one attached hydrogen (secondary N) is 1. The van der Waals surface area contributed by atoms with Crippen molar-refractivity contribution in [1.29, 1.82) is 0 Å². The van der Waals surface area contributed by atoms with Crippen molar-refractivity contribution in [2.45, 2.75) is 13.1 Å². The number of anilines is 1. The second-order valence-electron chi connectivity index (χ2n) is 5.17. The summed E-state index contributed by atoms with van der Waals surface area (Å²) in [7, 11) is 4.01. The minimum atomic E-state index is 0.777. The topological polar surface area (TPSA) is 41.3 Å². The molecule has 0 aliphatic rings. The molecule has 0 unspecified atom stereocenters. The average Bonchev–Trinajstić information content (AvgIpc) is 3.00. The van der Waals surface area contributed by atoms with Crippen LogP contribution in [0, 0.1) is 0 Å². The van der Waals surface area contributed by atoms with E-state index in [0.29, 0.717) is 0 Å². The van der Waals surface area contributed by atoms with E-state index in [1.807, 2.05) is 19.3 Å². The molecule has 1 aromatic carbocycles. The van der Waals surface area contributed by atoms with Crippen LogP contribution in [0.5, 0.6) is 0 Å². The monoisotopic (exact) mass is 281 g/mol. The van der Waals surface area contributed by atoms with Gasteiger partial charge in [0, 0.05) is 37.3 Å². The molecule has 0 amide bonds. The van der Waals surface area contributed by atoms with Gasteiger partial charge in [-0.25, -0.2) is 4.98 Å². The van der Waals surface area contributed by atoms with Crippen molar-refractivity contribution in [2.24, 2.45) is 0 Å². The van der Waals surface area contributed by atoms with Crippen LogP contribution in [-0.4, -0.2) is 19.1 Å². The zero-order valence-corrected chi connectivity index (χ0v) is 12.3. The van der Waals surface area contributed by atoms with E-state index < -0.39 is 0 Å². The molecule has 3 aromatic rings. The molecule has 0 bridgehead atoms. The van der Waals surface area contributed by atoms with Gasteiger partial charge in [0.1, 0.15) is 5.82 Å². The largest absolute Gasteiger partial charge is 0.472 e. The summed E-state index contributed by atoms with van der Waals surface area (Å²) in [5, 5.41) is 5.62. The highest BCUT2D eigenvalue weighted by Gasteiger charge is 2.11. The molecule has 0 fully saturated rings. The number of fused-ring (bicyclic) bond motifs is 1. The molecule has 4 nitrogen and oxygen atoms in total. The van der Waals surface area contributed by atoms with Crippen molar-refractivity contribution in [3.63, 3.8) is 0 Å². The highest BCUT2D eigenvalue weighted by molar-refractivity contribution is 5.94. The Labute approximate surface area is 124 Å². The zero-order valence-electron chi connectivity index (χ0n) is 12.3. The zero-order chi connectivity index (χ0) is 14.7. The normalized spacial score (nSPS) is 11.0. The molecule has 1 N–H and O–H groups in total.